The van der Waals surface area contributed by atoms with Gasteiger partial charge in [0.25, 0.3) is 0 Å². The van der Waals surface area contributed by atoms with Gasteiger partial charge in [0.1, 0.15) is 0 Å². The van der Waals surface area contributed by atoms with Crippen LogP contribution < -0.4 is 0 Å². The molecule has 0 bridgehead atoms. The van der Waals surface area contributed by atoms with E-state index in [0.717, 1.165) is 4.58 Å². The Balaban J connectivity index is 2.44. The van der Waals surface area contributed by atoms with E-state index in [4.69, 9.17) is 0 Å². The second kappa shape index (κ2) is 2.14. The van der Waals surface area contributed by atoms with Crippen LogP contribution in [0.5, 0.6) is 0 Å². The van der Waals surface area contributed by atoms with Crippen molar-refractivity contribution in [1.29, 1.82) is 0 Å². The van der Waals surface area contributed by atoms with Crippen molar-refractivity contribution in [2.45, 2.75) is 30.1 Å². The van der Waals surface area contributed by atoms with Crippen LogP contribution in [0.25, 0.3) is 0 Å². The standard InChI is InChI=1S/C6H12S2/c1-5-7-4-6(2,3)8-5/h5H,4H2,1-3H3. The molecule has 0 aromatic rings. The Bertz CT molecular complexity index is 88.5. The van der Waals surface area contributed by atoms with Gasteiger partial charge in [0.05, 0.1) is 0 Å². The van der Waals surface area contributed by atoms with Gasteiger partial charge < -0.3 is 0 Å². The van der Waals surface area contributed by atoms with Gasteiger partial charge in [-0.2, -0.15) is 0 Å². The van der Waals surface area contributed by atoms with Crippen LogP contribution in [-0.4, -0.2) is 15.1 Å². The van der Waals surface area contributed by atoms with E-state index in [-0.39, 0.29) is 0 Å². The maximum Gasteiger partial charge on any atom is 0.0480 e. The van der Waals surface area contributed by atoms with E-state index in [1.54, 1.807) is 0 Å². The maximum atomic E-state index is 2.31. The Morgan fingerprint density at radius 3 is 2.25 bits per heavy atom. The molecule has 1 atom stereocenters. The van der Waals surface area contributed by atoms with Crippen molar-refractivity contribution in [2.75, 3.05) is 5.75 Å². The monoisotopic (exact) mass is 148 g/mol. The number of thioether (sulfide) groups is 2. The Kier molecular flexibility index (Phi) is 1.83. The highest BCUT2D eigenvalue weighted by atomic mass is 32.2. The number of hydrogen-bond donors (Lipinski definition) is 0. The van der Waals surface area contributed by atoms with Gasteiger partial charge in [-0.05, 0) is 20.8 Å². The van der Waals surface area contributed by atoms with Crippen molar-refractivity contribution in [3.8, 4) is 0 Å². The second-order valence-electron chi connectivity index (χ2n) is 2.76. The summed E-state index contributed by atoms with van der Waals surface area (Å²) >= 11 is 4.15. The van der Waals surface area contributed by atoms with Crippen molar-refractivity contribution in [1.82, 2.24) is 0 Å². The lowest BCUT2D eigenvalue weighted by atomic mass is 10.2. The van der Waals surface area contributed by atoms with Gasteiger partial charge in [-0.1, -0.05) is 0 Å². The fourth-order valence-corrected chi connectivity index (χ4v) is 4.10. The molecule has 1 heterocycles. The fraction of sp³-hybridized carbons (Fsp3) is 1.00. The van der Waals surface area contributed by atoms with Crippen molar-refractivity contribution in [2.24, 2.45) is 0 Å². The lowest BCUT2D eigenvalue weighted by Gasteiger charge is -2.13. The SMILES string of the molecule is CC1SCC(C)(C)S1. The zero-order valence-corrected chi connectivity index (χ0v) is 7.23. The molecular formula is C6H12S2. The molecule has 0 spiro atoms. The van der Waals surface area contributed by atoms with Crippen LogP contribution in [0, 0.1) is 0 Å². The predicted octanol–water partition coefficient (Wildman–Crippen LogP) is 2.59. The van der Waals surface area contributed by atoms with Gasteiger partial charge in [0.2, 0.25) is 0 Å². The molecule has 48 valence electrons. The van der Waals surface area contributed by atoms with E-state index in [0.29, 0.717) is 4.75 Å². The predicted molar refractivity (Wildman–Crippen MR) is 43.6 cm³/mol. The summed E-state index contributed by atoms with van der Waals surface area (Å²) < 4.78 is 1.37. The topological polar surface area (TPSA) is 0 Å². The molecule has 0 N–H and O–H groups in total. The zero-order chi connectivity index (χ0) is 6.20. The molecule has 8 heavy (non-hydrogen) atoms. The van der Waals surface area contributed by atoms with E-state index in [1.807, 2.05) is 0 Å². The first-order valence-electron chi connectivity index (χ1n) is 2.90. The third-order valence-corrected chi connectivity index (χ3v) is 4.50. The van der Waals surface area contributed by atoms with Crippen molar-refractivity contribution < 1.29 is 0 Å². The molecule has 0 saturated carbocycles. The van der Waals surface area contributed by atoms with Crippen LogP contribution in [0.4, 0.5) is 0 Å². The van der Waals surface area contributed by atoms with E-state index < -0.39 is 0 Å². The highest BCUT2D eigenvalue weighted by Crippen LogP contribution is 2.44. The first-order valence-corrected chi connectivity index (χ1v) is 4.82. The lowest BCUT2D eigenvalue weighted by Crippen LogP contribution is -2.12. The molecular weight excluding hydrogens is 136 g/mol. The summed E-state index contributed by atoms with van der Waals surface area (Å²) in [6, 6.07) is 0. The minimum Gasteiger partial charge on any atom is -0.146 e. The summed E-state index contributed by atoms with van der Waals surface area (Å²) in [5.41, 5.74) is 0. The summed E-state index contributed by atoms with van der Waals surface area (Å²) in [6.45, 7) is 6.91. The Morgan fingerprint density at radius 1 is 1.50 bits per heavy atom. The lowest BCUT2D eigenvalue weighted by molar-refractivity contribution is 0.826. The van der Waals surface area contributed by atoms with Crippen LogP contribution >= 0.6 is 23.5 Å². The van der Waals surface area contributed by atoms with E-state index in [1.165, 1.54) is 5.75 Å². The first-order chi connectivity index (χ1) is 3.60. The number of hydrogen-bond acceptors (Lipinski definition) is 2. The summed E-state index contributed by atoms with van der Waals surface area (Å²) in [7, 11) is 0. The average Bonchev–Trinajstić information content (AvgIpc) is 1.82. The molecule has 1 saturated heterocycles. The molecule has 0 aromatic carbocycles. The van der Waals surface area contributed by atoms with Crippen molar-refractivity contribution >= 4 is 23.5 Å². The third-order valence-electron chi connectivity index (χ3n) is 1.15. The van der Waals surface area contributed by atoms with Gasteiger partial charge in [0.15, 0.2) is 0 Å². The van der Waals surface area contributed by atoms with Gasteiger partial charge in [0, 0.05) is 15.1 Å². The molecule has 1 rings (SSSR count). The quantitative estimate of drug-likeness (QED) is 0.518. The molecule has 0 nitrogen and oxygen atoms in total. The van der Waals surface area contributed by atoms with Gasteiger partial charge >= 0.3 is 0 Å². The summed E-state index contributed by atoms with van der Waals surface area (Å²) in [5.74, 6) is 1.32. The largest absolute Gasteiger partial charge is 0.146 e. The highest BCUT2D eigenvalue weighted by molar-refractivity contribution is 8.20. The zero-order valence-electron chi connectivity index (χ0n) is 5.60. The summed E-state index contributed by atoms with van der Waals surface area (Å²) in [6.07, 6.45) is 0. The van der Waals surface area contributed by atoms with Gasteiger partial charge in [-0.3, -0.25) is 0 Å². The second-order valence-corrected chi connectivity index (χ2v) is 6.43. The molecule has 1 unspecified atom stereocenters. The smallest absolute Gasteiger partial charge is 0.0480 e. The molecule has 1 aliphatic rings. The van der Waals surface area contributed by atoms with E-state index >= 15 is 0 Å². The van der Waals surface area contributed by atoms with Gasteiger partial charge in [-0.15, -0.1) is 23.5 Å². The van der Waals surface area contributed by atoms with E-state index in [2.05, 4.69) is 44.3 Å². The number of rotatable bonds is 0. The molecule has 2 heteroatoms. The highest BCUT2D eigenvalue weighted by Gasteiger charge is 2.29. The first kappa shape index (κ1) is 6.81. The minimum atomic E-state index is 0.546. The molecule has 1 aliphatic heterocycles. The normalized spacial score (nSPS) is 35.6. The Morgan fingerprint density at radius 2 is 2.12 bits per heavy atom. The van der Waals surface area contributed by atoms with Gasteiger partial charge in [-0.25, -0.2) is 0 Å². The maximum absolute atomic E-state index is 2.31. The van der Waals surface area contributed by atoms with Crippen LogP contribution in [0.2, 0.25) is 0 Å². The van der Waals surface area contributed by atoms with Crippen molar-refractivity contribution in [3.63, 3.8) is 0 Å². The van der Waals surface area contributed by atoms with Crippen LogP contribution in [0.3, 0.4) is 0 Å². The van der Waals surface area contributed by atoms with E-state index in [9.17, 15) is 0 Å². The Labute approximate surface area is 59.8 Å². The fourth-order valence-electron chi connectivity index (χ4n) is 0.835. The summed E-state index contributed by atoms with van der Waals surface area (Å²) in [4.78, 5) is 0. The third kappa shape index (κ3) is 1.59. The molecule has 1 fully saturated rings. The summed E-state index contributed by atoms with van der Waals surface area (Å²) in [5, 5.41) is 0. The average molecular weight is 148 g/mol. The molecule has 0 radical (unpaired) electrons. The van der Waals surface area contributed by atoms with Crippen LogP contribution in [0.1, 0.15) is 20.8 Å². The van der Waals surface area contributed by atoms with Crippen molar-refractivity contribution in [3.05, 3.63) is 0 Å². The molecule has 0 aromatic heterocycles. The Hall–Kier alpha value is 0.700. The molecule has 0 amide bonds. The minimum absolute atomic E-state index is 0.546. The molecule has 0 aliphatic carbocycles. The van der Waals surface area contributed by atoms with Crippen LogP contribution in [-0.2, 0) is 0 Å². The van der Waals surface area contributed by atoms with Crippen LogP contribution in [0.15, 0.2) is 0 Å².